The summed E-state index contributed by atoms with van der Waals surface area (Å²) in [6, 6.07) is 11.4. The summed E-state index contributed by atoms with van der Waals surface area (Å²) in [6.07, 6.45) is 6.39. The van der Waals surface area contributed by atoms with Crippen molar-refractivity contribution < 1.29 is 9.18 Å². The van der Waals surface area contributed by atoms with E-state index < -0.39 is 0 Å². The molecular formula is C27H33FN4O. The Morgan fingerprint density at radius 2 is 1.70 bits per heavy atom. The number of nitrogens with one attached hydrogen (secondary N) is 1. The molecule has 1 saturated heterocycles. The van der Waals surface area contributed by atoms with Gasteiger partial charge in [0.1, 0.15) is 5.82 Å². The molecule has 0 bridgehead atoms. The first-order valence-electron chi connectivity index (χ1n) is 12.2. The minimum atomic E-state index is -0.223. The third-order valence-corrected chi connectivity index (χ3v) is 7.45. The minimum absolute atomic E-state index is 0.0845. The van der Waals surface area contributed by atoms with E-state index in [9.17, 15) is 9.18 Å². The molecule has 1 aliphatic carbocycles. The summed E-state index contributed by atoms with van der Waals surface area (Å²) in [6.45, 7) is 6.50. The van der Waals surface area contributed by atoms with Crippen LogP contribution in [0.2, 0.25) is 0 Å². The number of amides is 1. The number of hydrogen-bond donors (Lipinski definition) is 1. The number of rotatable bonds is 5. The van der Waals surface area contributed by atoms with E-state index in [1.807, 2.05) is 12.1 Å². The number of nitrogens with zero attached hydrogens (tertiary/aromatic N) is 3. The number of imidazole rings is 1. The van der Waals surface area contributed by atoms with Gasteiger partial charge in [0.2, 0.25) is 11.9 Å². The molecule has 0 radical (unpaired) electrons. The normalized spacial score (nSPS) is 17.7. The molecule has 33 heavy (non-hydrogen) atoms. The van der Waals surface area contributed by atoms with Crippen LogP contribution in [0.3, 0.4) is 0 Å². The van der Waals surface area contributed by atoms with E-state index in [2.05, 4.69) is 40.8 Å². The zero-order valence-corrected chi connectivity index (χ0v) is 19.6. The maximum atomic E-state index is 13.5. The smallest absolute Gasteiger partial charge is 0.223 e. The number of hydrogen-bond acceptors (Lipinski definition) is 3. The third-order valence-electron chi connectivity index (χ3n) is 7.45. The molecule has 1 N–H and O–H groups in total. The van der Waals surface area contributed by atoms with Gasteiger partial charge in [0, 0.05) is 25.0 Å². The first-order chi connectivity index (χ1) is 16.0. The van der Waals surface area contributed by atoms with Gasteiger partial charge in [-0.25, -0.2) is 9.37 Å². The van der Waals surface area contributed by atoms with Crippen molar-refractivity contribution in [1.29, 1.82) is 0 Å². The number of halogens is 1. The molecular weight excluding hydrogens is 415 g/mol. The van der Waals surface area contributed by atoms with Crippen molar-refractivity contribution in [3.63, 3.8) is 0 Å². The second-order valence-electron chi connectivity index (χ2n) is 9.80. The number of anilines is 1. The Kier molecular flexibility index (Phi) is 6.09. The highest BCUT2D eigenvalue weighted by molar-refractivity contribution is 5.81. The van der Waals surface area contributed by atoms with Crippen molar-refractivity contribution in [3.05, 3.63) is 58.9 Å². The molecule has 0 unspecified atom stereocenters. The van der Waals surface area contributed by atoms with E-state index >= 15 is 0 Å². The van der Waals surface area contributed by atoms with Crippen molar-refractivity contribution in [1.82, 2.24) is 14.9 Å². The van der Waals surface area contributed by atoms with Gasteiger partial charge in [0.15, 0.2) is 0 Å². The van der Waals surface area contributed by atoms with Gasteiger partial charge in [-0.05, 0) is 80.5 Å². The lowest BCUT2D eigenvalue weighted by Gasteiger charge is -2.33. The number of carbonyl (C=O) groups is 1. The SMILES string of the molecule is Cc1cc2nc(N3CCC(C(=O)NC4CCCC4)CC3)n(Cc3ccc(F)cc3)c2cc1C. The van der Waals surface area contributed by atoms with Gasteiger partial charge in [0.25, 0.3) is 0 Å². The predicted molar refractivity (Wildman–Crippen MR) is 130 cm³/mol. The zero-order chi connectivity index (χ0) is 22.9. The van der Waals surface area contributed by atoms with Gasteiger partial charge in [-0.2, -0.15) is 0 Å². The summed E-state index contributed by atoms with van der Waals surface area (Å²) in [5.74, 6) is 1.03. The molecule has 2 fully saturated rings. The van der Waals surface area contributed by atoms with Crippen LogP contribution in [0, 0.1) is 25.6 Å². The Morgan fingerprint density at radius 3 is 2.39 bits per heavy atom. The van der Waals surface area contributed by atoms with Gasteiger partial charge in [-0.1, -0.05) is 25.0 Å². The van der Waals surface area contributed by atoms with E-state index in [1.165, 1.54) is 36.1 Å². The second-order valence-corrected chi connectivity index (χ2v) is 9.80. The fourth-order valence-electron chi connectivity index (χ4n) is 5.27. The van der Waals surface area contributed by atoms with Crippen LogP contribution in [0.15, 0.2) is 36.4 Å². The van der Waals surface area contributed by atoms with Crippen molar-refractivity contribution in [2.75, 3.05) is 18.0 Å². The highest BCUT2D eigenvalue weighted by Crippen LogP contribution is 2.30. The molecule has 1 aliphatic heterocycles. The molecule has 6 heteroatoms. The zero-order valence-electron chi connectivity index (χ0n) is 19.6. The van der Waals surface area contributed by atoms with Gasteiger partial charge in [-0.3, -0.25) is 4.79 Å². The number of carbonyl (C=O) groups excluding carboxylic acids is 1. The predicted octanol–water partition coefficient (Wildman–Crippen LogP) is 5.12. The molecule has 2 aliphatic rings. The summed E-state index contributed by atoms with van der Waals surface area (Å²) in [5, 5.41) is 3.28. The van der Waals surface area contributed by atoms with Gasteiger partial charge in [-0.15, -0.1) is 0 Å². The van der Waals surface area contributed by atoms with E-state index in [4.69, 9.17) is 4.98 Å². The first kappa shape index (κ1) is 21.9. The lowest BCUT2D eigenvalue weighted by molar-refractivity contribution is -0.126. The van der Waals surface area contributed by atoms with Crippen molar-refractivity contribution in [2.45, 2.75) is 65.0 Å². The van der Waals surface area contributed by atoms with Crippen molar-refractivity contribution >= 4 is 22.9 Å². The molecule has 3 aromatic rings. The fraction of sp³-hybridized carbons (Fsp3) is 0.481. The maximum Gasteiger partial charge on any atom is 0.223 e. The molecule has 5 rings (SSSR count). The Hall–Kier alpha value is -2.89. The third kappa shape index (κ3) is 4.61. The van der Waals surface area contributed by atoms with E-state index in [0.29, 0.717) is 12.6 Å². The first-order valence-corrected chi connectivity index (χ1v) is 12.2. The topological polar surface area (TPSA) is 50.2 Å². The molecule has 2 aromatic carbocycles. The summed E-state index contributed by atoms with van der Waals surface area (Å²) in [5.41, 5.74) is 5.58. The Morgan fingerprint density at radius 1 is 1.03 bits per heavy atom. The van der Waals surface area contributed by atoms with Crippen molar-refractivity contribution in [2.24, 2.45) is 5.92 Å². The molecule has 0 atom stereocenters. The number of aromatic nitrogens is 2. The van der Waals surface area contributed by atoms with Crippen LogP contribution in [0.1, 0.15) is 55.2 Å². The largest absolute Gasteiger partial charge is 0.353 e. The number of piperidine rings is 1. The highest BCUT2D eigenvalue weighted by atomic mass is 19.1. The van der Waals surface area contributed by atoms with E-state index in [-0.39, 0.29) is 17.6 Å². The molecule has 1 amide bonds. The Balaban J connectivity index is 1.38. The summed E-state index contributed by atoms with van der Waals surface area (Å²) >= 11 is 0. The van der Waals surface area contributed by atoms with E-state index in [0.717, 1.165) is 61.3 Å². The van der Waals surface area contributed by atoms with Crippen LogP contribution in [-0.2, 0) is 11.3 Å². The molecule has 2 heterocycles. The average molecular weight is 449 g/mol. The van der Waals surface area contributed by atoms with Crippen LogP contribution in [-0.4, -0.2) is 34.6 Å². The van der Waals surface area contributed by atoms with Crippen LogP contribution in [0.5, 0.6) is 0 Å². The van der Waals surface area contributed by atoms with Crippen LogP contribution in [0.4, 0.5) is 10.3 Å². The number of aryl methyl sites for hydroxylation is 2. The molecule has 1 saturated carbocycles. The van der Waals surface area contributed by atoms with Crippen LogP contribution in [0.25, 0.3) is 11.0 Å². The number of benzene rings is 2. The lowest BCUT2D eigenvalue weighted by Crippen LogP contribution is -2.43. The monoisotopic (exact) mass is 448 g/mol. The summed E-state index contributed by atoms with van der Waals surface area (Å²) in [4.78, 5) is 20.1. The van der Waals surface area contributed by atoms with Gasteiger partial charge in [0.05, 0.1) is 17.6 Å². The Bertz CT molecular complexity index is 1140. The summed E-state index contributed by atoms with van der Waals surface area (Å²) in [7, 11) is 0. The quantitative estimate of drug-likeness (QED) is 0.590. The minimum Gasteiger partial charge on any atom is -0.353 e. The summed E-state index contributed by atoms with van der Waals surface area (Å²) < 4.78 is 15.7. The Labute approximate surface area is 195 Å². The maximum absolute atomic E-state index is 13.5. The fourth-order valence-corrected chi connectivity index (χ4v) is 5.27. The standard InChI is InChI=1S/C27H33FN4O/c1-18-15-24-25(16-19(18)2)32(17-20-7-9-22(28)10-8-20)27(30-24)31-13-11-21(12-14-31)26(33)29-23-5-3-4-6-23/h7-10,15-16,21,23H,3-6,11-14,17H2,1-2H3,(H,29,33). The van der Waals surface area contributed by atoms with Crippen LogP contribution >= 0.6 is 0 Å². The van der Waals surface area contributed by atoms with E-state index in [1.54, 1.807) is 0 Å². The molecule has 5 nitrogen and oxygen atoms in total. The molecule has 0 spiro atoms. The van der Waals surface area contributed by atoms with Gasteiger partial charge >= 0.3 is 0 Å². The highest BCUT2D eigenvalue weighted by Gasteiger charge is 2.29. The van der Waals surface area contributed by atoms with Gasteiger partial charge < -0.3 is 14.8 Å². The number of fused-ring (bicyclic) bond motifs is 1. The van der Waals surface area contributed by atoms with Crippen LogP contribution < -0.4 is 10.2 Å². The second kappa shape index (κ2) is 9.16. The average Bonchev–Trinajstić information content (AvgIpc) is 3.44. The molecule has 1 aromatic heterocycles. The lowest BCUT2D eigenvalue weighted by atomic mass is 9.95. The molecule has 174 valence electrons. The van der Waals surface area contributed by atoms with Crippen molar-refractivity contribution in [3.8, 4) is 0 Å².